The van der Waals surface area contributed by atoms with Gasteiger partial charge >= 0.3 is 5.97 Å². The first-order valence-corrected chi connectivity index (χ1v) is 14.1. The van der Waals surface area contributed by atoms with E-state index in [-0.39, 0.29) is 23.0 Å². The first kappa shape index (κ1) is 30.1. The van der Waals surface area contributed by atoms with Gasteiger partial charge in [0.15, 0.2) is 5.12 Å². The number of carboxylic acids is 1. The molecule has 11 heteroatoms. The zero-order chi connectivity index (χ0) is 26.7. The molecule has 1 saturated carbocycles. The maximum atomic E-state index is 13.6. The van der Waals surface area contributed by atoms with Crippen molar-refractivity contribution in [2.45, 2.75) is 109 Å². The Labute approximate surface area is 217 Å². The summed E-state index contributed by atoms with van der Waals surface area (Å²) in [5.41, 5.74) is -1.23. The van der Waals surface area contributed by atoms with Gasteiger partial charge in [-0.3, -0.25) is 24.0 Å². The Balaban J connectivity index is 2.13. The van der Waals surface area contributed by atoms with Crippen LogP contribution in [0.15, 0.2) is 0 Å². The Morgan fingerprint density at radius 1 is 1.06 bits per heavy atom. The van der Waals surface area contributed by atoms with Gasteiger partial charge in [0.1, 0.15) is 17.6 Å². The first-order chi connectivity index (χ1) is 17.1. The molecule has 5 N–H and O–H groups in total. The molecule has 0 radical (unpaired) electrons. The van der Waals surface area contributed by atoms with Gasteiger partial charge < -0.3 is 26.4 Å². The van der Waals surface area contributed by atoms with Crippen molar-refractivity contribution in [3.05, 3.63) is 0 Å². The molecule has 1 aliphatic heterocycles. The summed E-state index contributed by atoms with van der Waals surface area (Å²) in [6.07, 6.45) is 7.11. The highest BCUT2D eigenvalue weighted by molar-refractivity contribution is 8.13. The smallest absolute Gasteiger partial charge is 0.325 e. The van der Waals surface area contributed by atoms with Crippen LogP contribution in [0.25, 0.3) is 0 Å². The van der Waals surface area contributed by atoms with E-state index in [2.05, 4.69) is 21.3 Å². The third-order valence-electron chi connectivity index (χ3n) is 7.22. The molecule has 1 heterocycles. The number of nitrogens with one attached hydrogen (secondary N) is 4. The molecule has 2 aliphatic rings. The van der Waals surface area contributed by atoms with Crippen LogP contribution in [0, 0.1) is 5.92 Å². The number of hydrogen-bond acceptors (Lipinski definition) is 7. The highest BCUT2D eigenvalue weighted by Crippen LogP contribution is 2.34. The van der Waals surface area contributed by atoms with E-state index >= 15 is 0 Å². The lowest BCUT2D eigenvalue weighted by Crippen LogP contribution is -2.67. The van der Waals surface area contributed by atoms with Crippen molar-refractivity contribution in [1.29, 1.82) is 0 Å². The molecule has 0 aromatic heterocycles. The molecule has 204 valence electrons. The average molecular weight is 527 g/mol. The quantitative estimate of drug-likeness (QED) is 0.227. The van der Waals surface area contributed by atoms with Crippen molar-refractivity contribution >= 4 is 40.6 Å². The van der Waals surface area contributed by atoms with E-state index in [1.54, 1.807) is 0 Å². The number of thioether (sulfide) groups is 1. The van der Waals surface area contributed by atoms with Gasteiger partial charge in [-0.2, -0.15) is 0 Å². The second kappa shape index (κ2) is 14.6. The molecular weight excluding hydrogens is 484 g/mol. The Morgan fingerprint density at radius 3 is 2.42 bits per heavy atom. The Hall–Kier alpha value is -2.14. The van der Waals surface area contributed by atoms with Gasteiger partial charge in [0.05, 0.1) is 6.04 Å². The van der Waals surface area contributed by atoms with E-state index in [1.165, 1.54) is 25.6 Å². The second-order valence-corrected chi connectivity index (χ2v) is 11.3. The largest absolute Gasteiger partial charge is 0.480 e. The summed E-state index contributed by atoms with van der Waals surface area (Å²) in [7, 11) is 0. The van der Waals surface area contributed by atoms with Gasteiger partial charge in [-0.25, -0.2) is 0 Å². The van der Waals surface area contributed by atoms with Crippen molar-refractivity contribution in [2.75, 3.05) is 12.3 Å². The summed E-state index contributed by atoms with van der Waals surface area (Å²) < 4.78 is 0. The molecule has 5 atom stereocenters. The highest BCUT2D eigenvalue weighted by atomic mass is 32.2. The van der Waals surface area contributed by atoms with Crippen LogP contribution in [0.4, 0.5) is 0 Å². The summed E-state index contributed by atoms with van der Waals surface area (Å²) >= 11 is 1.27. The molecular formula is C25H42N4O6S. The summed E-state index contributed by atoms with van der Waals surface area (Å²) in [4.78, 5) is 62.1. The Morgan fingerprint density at radius 2 is 1.81 bits per heavy atom. The minimum atomic E-state index is -1.23. The number of carbonyl (C=O) groups is 5. The fourth-order valence-electron chi connectivity index (χ4n) is 4.91. The van der Waals surface area contributed by atoms with Gasteiger partial charge in [-0.15, -0.1) is 0 Å². The predicted molar refractivity (Wildman–Crippen MR) is 138 cm³/mol. The fourth-order valence-corrected chi connectivity index (χ4v) is 5.55. The van der Waals surface area contributed by atoms with Gasteiger partial charge in [-0.05, 0) is 57.9 Å². The highest BCUT2D eigenvalue weighted by Gasteiger charge is 2.47. The number of carboxylic acid groups (broad SMARTS) is 1. The minimum Gasteiger partial charge on any atom is -0.480 e. The van der Waals surface area contributed by atoms with Gasteiger partial charge in [0.25, 0.3) is 0 Å². The Bertz CT molecular complexity index is 803. The lowest BCUT2D eigenvalue weighted by Gasteiger charge is -2.43. The third-order valence-corrected chi connectivity index (χ3v) is 8.12. The first-order valence-electron chi connectivity index (χ1n) is 13.1. The molecule has 0 aromatic rings. The molecule has 0 aromatic carbocycles. The predicted octanol–water partition coefficient (Wildman–Crippen LogP) is 1.72. The zero-order valence-electron chi connectivity index (χ0n) is 21.7. The lowest BCUT2D eigenvalue weighted by molar-refractivity contribution is -0.145. The van der Waals surface area contributed by atoms with Gasteiger partial charge in [-0.1, -0.05) is 44.4 Å². The number of aliphatic carboxylic acids is 1. The van der Waals surface area contributed by atoms with Crippen LogP contribution < -0.4 is 21.3 Å². The molecule has 0 bridgehead atoms. The van der Waals surface area contributed by atoms with Crippen molar-refractivity contribution in [2.24, 2.45) is 5.92 Å². The minimum absolute atomic E-state index is 0.0750. The van der Waals surface area contributed by atoms with E-state index in [9.17, 15) is 29.1 Å². The summed E-state index contributed by atoms with van der Waals surface area (Å²) in [5.74, 6) is -1.77. The van der Waals surface area contributed by atoms with Crippen LogP contribution in [0.3, 0.4) is 0 Å². The van der Waals surface area contributed by atoms with Crippen molar-refractivity contribution in [3.8, 4) is 0 Å². The van der Waals surface area contributed by atoms with E-state index in [0.717, 1.165) is 45.1 Å². The van der Waals surface area contributed by atoms with Crippen LogP contribution in [0.2, 0.25) is 0 Å². The molecule has 36 heavy (non-hydrogen) atoms. The Kier molecular flexibility index (Phi) is 12.2. The number of rotatable bonds is 13. The van der Waals surface area contributed by atoms with E-state index in [4.69, 9.17) is 0 Å². The monoisotopic (exact) mass is 526 g/mol. The maximum absolute atomic E-state index is 13.6. The normalized spacial score (nSPS) is 25.4. The van der Waals surface area contributed by atoms with Gasteiger partial charge in [0.2, 0.25) is 17.7 Å². The molecule has 3 amide bonds. The van der Waals surface area contributed by atoms with Crippen LogP contribution in [-0.2, 0) is 24.0 Å². The number of unbranched alkanes of at least 4 members (excludes halogenated alkanes) is 2. The van der Waals surface area contributed by atoms with Crippen LogP contribution in [0.1, 0.15) is 85.0 Å². The fraction of sp³-hybridized carbons (Fsp3) is 0.800. The lowest BCUT2D eigenvalue weighted by atomic mass is 9.72. The standard InChI is InChI=1S/C25H42N4O6S/c1-16-10-6-7-13-25(16,24(35)27-17(2)23(33)34)29-22(32)20(11-5-4-8-15-36-18(3)30)28-21(31)19-12-9-14-26-19/h16-17,19-20,26H,4-15H2,1-3H3,(H,27,35)(H,28,31)(H,29,32)(H,33,34)/t16?,17-,19-,20-,25?/m0/s1. The third kappa shape index (κ3) is 8.76. The summed E-state index contributed by atoms with van der Waals surface area (Å²) in [6, 6.07) is -2.23. The number of carbonyl (C=O) groups excluding carboxylic acids is 4. The summed E-state index contributed by atoms with van der Waals surface area (Å²) in [6.45, 7) is 5.58. The van der Waals surface area contributed by atoms with Crippen molar-refractivity contribution in [1.82, 2.24) is 21.3 Å². The van der Waals surface area contributed by atoms with Crippen molar-refractivity contribution in [3.63, 3.8) is 0 Å². The van der Waals surface area contributed by atoms with Crippen LogP contribution >= 0.6 is 11.8 Å². The number of hydrogen-bond donors (Lipinski definition) is 5. The molecule has 10 nitrogen and oxygen atoms in total. The van der Waals surface area contributed by atoms with E-state index < -0.39 is 35.4 Å². The van der Waals surface area contributed by atoms with Gasteiger partial charge in [0, 0.05) is 12.7 Å². The molecule has 2 rings (SSSR count). The van der Waals surface area contributed by atoms with E-state index in [0.29, 0.717) is 31.4 Å². The topological polar surface area (TPSA) is 154 Å². The number of amides is 3. The van der Waals surface area contributed by atoms with Crippen molar-refractivity contribution < 1.29 is 29.1 Å². The summed E-state index contributed by atoms with van der Waals surface area (Å²) in [5, 5.41) is 20.9. The van der Waals surface area contributed by atoms with Crippen LogP contribution in [0.5, 0.6) is 0 Å². The second-order valence-electron chi connectivity index (χ2n) is 10.0. The maximum Gasteiger partial charge on any atom is 0.325 e. The molecule has 1 aliphatic carbocycles. The average Bonchev–Trinajstić information content (AvgIpc) is 3.36. The molecule has 2 fully saturated rings. The SMILES string of the molecule is CC(=O)SCCCCC[C@H](NC(=O)[C@@H]1CCCN1)C(=O)NC1(C(=O)N[C@@H](C)C(=O)O)CCCCC1C. The molecule has 0 spiro atoms. The van der Waals surface area contributed by atoms with Crippen LogP contribution in [-0.4, -0.2) is 69.9 Å². The molecule has 1 saturated heterocycles. The van der Waals surface area contributed by atoms with E-state index in [1.807, 2.05) is 6.92 Å². The zero-order valence-corrected chi connectivity index (χ0v) is 22.5. The molecule has 2 unspecified atom stereocenters.